The topological polar surface area (TPSA) is 52.4 Å². The van der Waals surface area contributed by atoms with E-state index in [1.807, 2.05) is 48.5 Å². The third-order valence-corrected chi connectivity index (χ3v) is 5.36. The second-order valence-electron chi connectivity index (χ2n) is 8.07. The van der Waals surface area contributed by atoms with Gasteiger partial charge in [0.15, 0.2) is 12.8 Å². The van der Waals surface area contributed by atoms with E-state index in [0.29, 0.717) is 18.7 Å². The number of rotatable bonds is 16. The Morgan fingerprint density at radius 2 is 1.26 bits per heavy atom. The van der Waals surface area contributed by atoms with Crippen LogP contribution < -0.4 is 0 Å². The molecular formula is C27H37NO3. The van der Waals surface area contributed by atoms with E-state index in [0.717, 1.165) is 36.0 Å². The Bertz CT molecular complexity index is 744. The smallest absolute Gasteiger partial charge is 0.338 e. The fourth-order valence-corrected chi connectivity index (χ4v) is 3.55. The maximum Gasteiger partial charge on any atom is 0.338 e. The quantitative estimate of drug-likeness (QED) is 0.0735. The highest BCUT2D eigenvalue weighted by atomic mass is 16.5. The molecule has 0 bridgehead atoms. The molecule has 4 heteroatoms. The molecule has 168 valence electrons. The summed E-state index contributed by atoms with van der Waals surface area (Å²) in [6.45, 7) is 0.952. The Labute approximate surface area is 187 Å². The van der Waals surface area contributed by atoms with Gasteiger partial charge in [-0.25, -0.2) is 9.53 Å². The number of hydrogen-bond acceptors (Lipinski definition) is 3. The Morgan fingerprint density at radius 3 is 1.87 bits per heavy atom. The predicted molar refractivity (Wildman–Crippen MR) is 127 cm³/mol. The van der Waals surface area contributed by atoms with Gasteiger partial charge in [-0.05, 0) is 25.0 Å². The lowest BCUT2D eigenvalue weighted by molar-refractivity contribution is -0.471. The van der Waals surface area contributed by atoms with Crippen LogP contribution in [-0.2, 0) is 11.3 Å². The van der Waals surface area contributed by atoms with Crippen molar-refractivity contribution in [1.29, 1.82) is 0 Å². The zero-order valence-electron chi connectivity index (χ0n) is 18.7. The monoisotopic (exact) mass is 423 g/mol. The van der Waals surface area contributed by atoms with E-state index >= 15 is 0 Å². The molecule has 0 unspecified atom stereocenters. The zero-order valence-corrected chi connectivity index (χ0v) is 18.7. The molecule has 0 aromatic heterocycles. The first-order valence-corrected chi connectivity index (χ1v) is 11.8. The van der Waals surface area contributed by atoms with E-state index < -0.39 is 0 Å². The van der Waals surface area contributed by atoms with Crippen LogP contribution in [0, 0.1) is 5.21 Å². The number of carbonyl (C=O) groups is 1. The Balaban J connectivity index is 1.34. The van der Waals surface area contributed by atoms with Gasteiger partial charge in [0.1, 0.15) is 0 Å². The number of nitrogens with zero attached hydrogens (tertiary/aromatic N) is 1. The van der Waals surface area contributed by atoms with Crippen molar-refractivity contribution in [1.82, 2.24) is 0 Å². The highest BCUT2D eigenvalue weighted by molar-refractivity contribution is 5.89. The van der Waals surface area contributed by atoms with Gasteiger partial charge in [0.25, 0.3) is 0 Å². The van der Waals surface area contributed by atoms with Crippen LogP contribution in [0.1, 0.15) is 86.6 Å². The fourth-order valence-electron chi connectivity index (χ4n) is 3.55. The maximum absolute atomic E-state index is 11.8. The van der Waals surface area contributed by atoms with Crippen molar-refractivity contribution in [3.8, 4) is 0 Å². The maximum atomic E-state index is 11.8. The molecule has 2 aromatic rings. The average molecular weight is 424 g/mol. The molecule has 0 heterocycles. The van der Waals surface area contributed by atoms with Gasteiger partial charge >= 0.3 is 5.97 Å². The van der Waals surface area contributed by atoms with E-state index in [2.05, 4.69) is 0 Å². The summed E-state index contributed by atoms with van der Waals surface area (Å²) in [5.41, 5.74) is 1.68. The molecular weight excluding hydrogens is 386 g/mol. The Kier molecular flexibility index (Phi) is 12.8. The summed E-state index contributed by atoms with van der Waals surface area (Å²) in [5, 5.41) is 11.8. The first-order valence-electron chi connectivity index (χ1n) is 11.8. The molecule has 0 amide bonds. The lowest BCUT2D eigenvalue weighted by atomic mass is 10.1. The highest BCUT2D eigenvalue weighted by Gasteiger charge is 2.04. The van der Waals surface area contributed by atoms with Crippen molar-refractivity contribution in [3.63, 3.8) is 0 Å². The van der Waals surface area contributed by atoms with Crippen LogP contribution in [0.5, 0.6) is 0 Å². The molecule has 0 saturated heterocycles. The van der Waals surface area contributed by atoms with Crippen molar-refractivity contribution < 1.29 is 14.3 Å². The third-order valence-electron chi connectivity index (χ3n) is 5.36. The first-order chi connectivity index (χ1) is 15.3. The van der Waals surface area contributed by atoms with E-state index in [4.69, 9.17) is 4.74 Å². The van der Waals surface area contributed by atoms with E-state index in [1.165, 1.54) is 44.9 Å². The molecule has 2 aromatic carbocycles. The van der Waals surface area contributed by atoms with Gasteiger partial charge in [-0.3, -0.25) is 0 Å². The van der Waals surface area contributed by atoms with E-state index in [1.54, 1.807) is 18.3 Å². The summed E-state index contributed by atoms with van der Waals surface area (Å²) in [6, 6.07) is 19.0. The molecule has 0 aliphatic carbocycles. The summed E-state index contributed by atoms with van der Waals surface area (Å²) >= 11 is 0. The minimum atomic E-state index is -0.225. The SMILES string of the molecule is O=C(OCCCCCCCCCCCC/C=[N+](\[O-])Cc1ccccc1)c1ccccc1. The summed E-state index contributed by atoms with van der Waals surface area (Å²) in [7, 11) is 0. The van der Waals surface area contributed by atoms with Gasteiger partial charge in [-0.2, -0.15) is 0 Å². The molecule has 0 saturated carbocycles. The number of ether oxygens (including phenoxy) is 1. The Morgan fingerprint density at radius 1 is 0.742 bits per heavy atom. The molecule has 0 aliphatic rings. The van der Waals surface area contributed by atoms with Crippen LogP contribution in [0.15, 0.2) is 60.7 Å². The molecule has 0 aliphatic heterocycles. The van der Waals surface area contributed by atoms with Crippen LogP contribution in [0.25, 0.3) is 0 Å². The fraction of sp³-hybridized carbons (Fsp3) is 0.481. The van der Waals surface area contributed by atoms with Gasteiger partial charge in [0.05, 0.1) is 12.2 Å². The van der Waals surface area contributed by atoms with Crippen molar-refractivity contribution in [2.75, 3.05) is 6.61 Å². The summed E-state index contributed by atoms with van der Waals surface area (Å²) in [6.07, 6.45) is 14.6. The normalized spacial score (nSPS) is 11.4. The van der Waals surface area contributed by atoms with E-state index in [-0.39, 0.29) is 5.97 Å². The minimum absolute atomic E-state index is 0.225. The Hall–Kier alpha value is -2.62. The van der Waals surface area contributed by atoms with Crippen molar-refractivity contribution >= 4 is 12.2 Å². The van der Waals surface area contributed by atoms with Gasteiger partial charge in [0, 0.05) is 12.0 Å². The number of benzene rings is 2. The molecule has 0 atom stereocenters. The molecule has 0 radical (unpaired) electrons. The lowest BCUT2D eigenvalue weighted by Gasteiger charge is -2.05. The number of unbranched alkanes of at least 4 members (excludes halogenated alkanes) is 10. The second kappa shape index (κ2) is 16.1. The van der Waals surface area contributed by atoms with Crippen LogP contribution in [0.3, 0.4) is 0 Å². The van der Waals surface area contributed by atoms with Crippen LogP contribution in [0.4, 0.5) is 0 Å². The third kappa shape index (κ3) is 12.0. The number of carbonyl (C=O) groups excluding carboxylic acids is 1. The van der Waals surface area contributed by atoms with Crippen LogP contribution >= 0.6 is 0 Å². The number of hydrogen-bond donors (Lipinski definition) is 0. The predicted octanol–water partition coefficient (Wildman–Crippen LogP) is 6.92. The first kappa shape index (κ1) is 24.6. The molecule has 0 fully saturated rings. The van der Waals surface area contributed by atoms with Gasteiger partial charge in [-0.1, -0.05) is 99.9 Å². The number of esters is 1. The average Bonchev–Trinajstić information content (AvgIpc) is 2.80. The number of hydroxylamine groups is 1. The van der Waals surface area contributed by atoms with Crippen LogP contribution in [-0.4, -0.2) is 23.5 Å². The standard InChI is InChI=1S/C27H37NO3/c29-27(26-20-14-11-15-21-26)31-23-17-9-7-5-3-1-2-4-6-8-16-22-28(30)24-25-18-12-10-13-19-25/h10-15,18-22H,1-9,16-17,23-24H2/b28-22-. The van der Waals surface area contributed by atoms with Crippen molar-refractivity contribution in [2.45, 2.75) is 77.2 Å². The summed E-state index contributed by atoms with van der Waals surface area (Å²) < 4.78 is 6.35. The highest BCUT2D eigenvalue weighted by Crippen LogP contribution is 2.11. The van der Waals surface area contributed by atoms with Crippen molar-refractivity contribution in [2.24, 2.45) is 0 Å². The molecule has 2 rings (SSSR count). The van der Waals surface area contributed by atoms with E-state index in [9.17, 15) is 10.0 Å². The summed E-state index contributed by atoms with van der Waals surface area (Å²) in [5.74, 6) is -0.225. The lowest BCUT2D eigenvalue weighted by Crippen LogP contribution is -2.06. The van der Waals surface area contributed by atoms with Crippen molar-refractivity contribution in [3.05, 3.63) is 77.0 Å². The summed E-state index contributed by atoms with van der Waals surface area (Å²) in [4.78, 5) is 11.8. The zero-order chi connectivity index (χ0) is 22.0. The van der Waals surface area contributed by atoms with Gasteiger partial charge in [-0.15, -0.1) is 0 Å². The largest absolute Gasteiger partial charge is 0.624 e. The molecule has 31 heavy (non-hydrogen) atoms. The minimum Gasteiger partial charge on any atom is -0.624 e. The molecule has 4 nitrogen and oxygen atoms in total. The molecule has 0 spiro atoms. The van der Waals surface area contributed by atoms with Gasteiger partial charge < -0.3 is 9.94 Å². The molecule has 0 N–H and O–H groups in total. The second-order valence-corrected chi connectivity index (χ2v) is 8.07. The van der Waals surface area contributed by atoms with Crippen LogP contribution in [0.2, 0.25) is 0 Å². The van der Waals surface area contributed by atoms with Gasteiger partial charge in [0.2, 0.25) is 0 Å².